The minimum absolute atomic E-state index is 0. The molecule has 2 rings (SSSR count). The number of nitrogens with one attached hydrogen (secondary N) is 1. The van der Waals surface area contributed by atoms with Crippen LogP contribution in [0.4, 0.5) is 5.69 Å². The smallest absolute Gasteiger partial charge is 0.290 e. The number of rotatable bonds is 3. The van der Waals surface area contributed by atoms with Crippen LogP contribution >= 0.6 is 0 Å². The summed E-state index contributed by atoms with van der Waals surface area (Å²) in [6.45, 7) is 0.223. The van der Waals surface area contributed by atoms with Crippen LogP contribution in [0.15, 0.2) is 54.9 Å². The standard InChI is InChI=1S/C14H11N3O.ClH/c15-10-12-6-2-3-7-13(12)16-14(18)11-17-8-4-1-5-9-17;/h1-9H,11H2;1H. The van der Waals surface area contributed by atoms with E-state index in [-0.39, 0.29) is 24.9 Å². The molecule has 19 heavy (non-hydrogen) atoms. The Kier molecular flexibility index (Phi) is 5.52. The number of nitrogens with zero attached hydrogens (tertiary/aromatic N) is 2. The van der Waals surface area contributed by atoms with Gasteiger partial charge in [0.2, 0.25) is 6.54 Å². The summed E-state index contributed by atoms with van der Waals surface area (Å²) < 4.78 is 1.77. The fourth-order valence-electron chi connectivity index (χ4n) is 1.58. The molecule has 96 valence electrons. The van der Waals surface area contributed by atoms with Crippen LogP contribution in [0.1, 0.15) is 5.56 Å². The maximum absolute atomic E-state index is 11.8. The molecule has 0 atom stereocenters. The summed E-state index contributed by atoms with van der Waals surface area (Å²) in [7, 11) is 0. The van der Waals surface area contributed by atoms with Gasteiger partial charge in [-0.1, -0.05) is 18.2 Å². The maximum Gasteiger partial charge on any atom is 0.290 e. The Balaban J connectivity index is 0.00000180. The predicted molar refractivity (Wildman–Crippen MR) is 66.4 cm³/mol. The van der Waals surface area contributed by atoms with Gasteiger partial charge in [-0.2, -0.15) is 9.83 Å². The molecule has 5 heteroatoms. The minimum Gasteiger partial charge on any atom is -1.00 e. The number of hydrogen-bond acceptors (Lipinski definition) is 2. The van der Waals surface area contributed by atoms with E-state index in [4.69, 9.17) is 5.26 Å². The molecule has 0 aliphatic rings. The molecule has 0 saturated carbocycles. The zero-order valence-corrected chi connectivity index (χ0v) is 10.8. The lowest BCUT2D eigenvalue weighted by atomic mass is 10.2. The number of halogens is 1. The van der Waals surface area contributed by atoms with Gasteiger partial charge in [0.25, 0.3) is 5.91 Å². The second-order valence-electron chi connectivity index (χ2n) is 3.75. The number of benzene rings is 1. The lowest BCUT2D eigenvalue weighted by Gasteiger charge is -2.04. The highest BCUT2D eigenvalue weighted by atomic mass is 35.5. The number of carbonyl (C=O) groups is 1. The SMILES string of the molecule is N#Cc1ccccc1NC(=O)C[n+]1ccccc1.[Cl-]. The molecule has 0 saturated heterocycles. The highest BCUT2D eigenvalue weighted by molar-refractivity contribution is 5.91. The van der Waals surface area contributed by atoms with Gasteiger partial charge in [0.1, 0.15) is 6.07 Å². The second kappa shape index (κ2) is 7.14. The van der Waals surface area contributed by atoms with Crippen molar-refractivity contribution >= 4 is 11.6 Å². The monoisotopic (exact) mass is 273 g/mol. The molecular weight excluding hydrogens is 262 g/mol. The van der Waals surface area contributed by atoms with Crippen LogP contribution in [-0.4, -0.2) is 5.91 Å². The number of pyridine rings is 1. The normalized spacial score (nSPS) is 9.00. The summed E-state index contributed by atoms with van der Waals surface area (Å²) in [6.07, 6.45) is 3.63. The number of carbonyl (C=O) groups excluding carboxylic acids is 1. The topological polar surface area (TPSA) is 56.8 Å². The molecule has 1 N–H and O–H groups in total. The third kappa shape index (κ3) is 4.09. The third-order valence-corrected chi connectivity index (χ3v) is 2.43. The van der Waals surface area contributed by atoms with E-state index in [1.54, 1.807) is 28.8 Å². The molecule has 0 aliphatic carbocycles. The predicted octanol–water partition coefficient (Wildman–Crippen LogP) is -1.51. The second-order valence-corrected chi connectivity index (χ2v) is 3.75. The van der Waals surface area contributed by atoms with E-state index in [1.807, 2.05) is 36.7 Å². The summed E-state index contributed by atoms with van der Waals surface area (Å²) in [5, 5.41) is 11.6. The van der Waals surface area contributed by atoms with Gasteiger partial charge in [-0.05, 0) is 12.1 Å². The Morgan fingerprint density at radius 1 is 1.16 bits per heavy atom. The molecule has 1 aromatic heterocycles. The molecule has 0 spiro atoms. The Bertz CT molecular complexity index is 593. The largest absolute Gasteiger partial charge is 1.00 e. The van der Waals surface area contributed by atoms with Gasteiger partial charge in [-0.15, -0.1) is 0 Å². The van der Waals surface area contributed by atoms with Crippen LogP contribution < -0.4 is 22.3 Å². The van der Waals surface area contributed by atoms with Crippen molar-refractivity contribution in [2.24, 2.45) is 0 Å². The Morgan fingerprint density at radius 3 is 2.53 bits per heavy atom. The van der Waals surface area contributed by atoms with Crippen LogP contribution in [0.5, 0.6) is 0 Å². The van der Waals surface area contributed by atoms with Crippen LogP contribution in [0.25, 0.3) is 0 Å². The Morgan fingerprint density at radius 2 is 1.84 bits per heavy atom. The van der Waals surface area contributed by atoms with Crippen molar-refractivity contribution in [3.63, 3.8) is 0 Å². The van der Waals surface area contributed by atoms with Gasteiger partial charge in [0.15, 0.2) is 12.4 Å². The molecule has 0 fully saturated rings. The highest BCUT2D eigenvalue weighted by Crippen LogP contribution is 2.12. The fraction of sp³-hybridized carbons (Fsp3) is 0.0714. The van der Waals surface area contributed by atoms with Gasteiger partial charge >= 0.3 is 0 Å². The molecule has 0 bridgehead atoms. The molecular formula is C14H12ClN3O. The minimum atomic E-state index is -0.158. The molecule has 1 aromatic carbocycles. The van der Waals surface area contributed by atoms with Gasteiger partial charge in [0.05, 0.1) is 11.3 Å². The fourth-order valence-corrected chi connectivity index (χ4v) is 1.58. The van der Waals surface area contributed by atoms with E-state index in [0.717, 1.165) is 0 Å². The van der Waals surface area contributed by atoms with Crippen molar-refractivity contribution < 1.29 is 21.8 Å². The van der Waals surface area contributed by atoms with Crippen LogP contribution in [0.3, 0.4) is 0 Å². The lowest BCUT2D eigenvalue weighted by Crippen LogP contribution is -3.00. The molecule has 0 unspecified atom stereocenters. The Hall–Kier alpha value is -2.38. The maximum atomic E-state index is 11.8. The van der Waals surface area contributed by atoms with E-state index >= 15 is 0 Å². The lowest BCUT2D eigenvalue weighted by molar-refractivity contribution is -0.684. The van der Waals surface area contributed by atoms with Gasteiger partial charge in [-0.25, -0.2) is 0 Å². The van der Waals surface area contributed by atoms with Crippen molar-refractivity contribution in [1.29, 1.82) is 5.26 Å². The van der Waals surface area contributed by atoms with Crippen molar-refractivity contribution in [3.8, 4) is 6.07 Å². The van der Waals surface area contributed by atoms with Crippen LogP contribution in [0.2, 0.25) is 0 Å². The molecule has 0 aliphatic heterocycles. The van der Waals surface area contributed by atoms with Crippen LogP contribution in [0, 0.1) is 11.3 Å². The Labute approximate surface area is 117 Å². The summed E-state index contributed by atoms with van der Waals surface area (Å²) in [4.78, 5) is 11.8. The van der Waals surface area contributed by atoms with Gasteiger partial charge in [0, 0.05) is 12.1 Å². The van der Waals surface area contributed by atoms with E-state index in [9.17, 15) is 4.79 Å². The number of nitriles is 1. The highest BCUT2D eigenvalue weighted by Gasteiger charge is 2.10. The van der Waals surface area contributed by atoms with E-state index in [2.05, 4.69) is 5.32 Å². The molecule has 0 radical (unpaired) electrons. The van der Waals surface area contributed by atoms with Crippen LogP contribution in [-0.2, 0) is 11.3 Å². The number of aromatic nitrogens is 1. The first-order valence-electron chi connectivity index (χ1n) is 5.52. The number of para-hydroxylation sites is 1. The third-order valence-electron chi connectivity index (χ3n) is 2.43. The van der Waals surface area contributed by atoms with Crippen molar-refractivity contribution in [3.05, 3.63) is 60.4 Å². The number of anilines is 1. The first kappa shape index (κ1) is 14.7. The van der Waals surface area contributed by atoms with Crippen molar-refractivity contribution in [2.45, 2.75) is 6.54 Å². The zero-order chi connectivity index (χ0) is 12.8. The van der Waals surface area contributed by atoms with E-state index < -0.39 is 0 Å². The van der Waals surface area contributed by atoms with Crippen molar-refractivity contribution in [1.82, 2.24) is 0 Å². The summed E-state index contributed by atoms with van der Waals surface area (Å²) >= 11 is 0. The first-order chi connectivity index (χ1) is 8.79. The average molecular weight is 274 g/mol. The quantitative estimate of drug-likeness (QED) is 0.692. The first-order valence-corrected chi connectivity index (χ1v) is 5.52. The zero-order valence-electron chi connectivity index (χ0n) is 10.1. The summed E-state index contributed by atoms with van der Waals surface area (Å²) in [5.74, 6) is -0.158. The molecule has 1 amide bonds. The average Bonchev–Trinajstić information content (AvgIpc) is 2.40. The molecule has 1 heterocycles. The summed E-state index contributed by atoms with van der Waals surface area (Å²) in [5.41, 5.74) is 1.01. The van der Waals surface area contributed by atoms with E-state index in [1.165, 1.54) is 0 Å². The van der Waals surface area contributed by atoms with Gasteiger partial charge in [-0.3, -0.25) is 4.79 Å². The van der Waals surface area contributed by atoms with E-state index in [0.29, 0.717) is 11.3 Å². The van der Waals surface area contributed by atoms with Crippen molar-refractivity contribution in [2.75, 3.05) is 5.32 Å². The summed E-state index contributed by atoms with van der Waals surface area (Å²) in [6, 6.07) is 14.6. The molecule has 4 nitrogen and oxygen atoms in total. The molecule has 2 aromatic rings. The number of amides is 1. The van der Waals surface area contributed by atoms with Gasteiger partial charge < -0.3 is 17.7 Å². The number of hydrogen-bond donors (Lipinski definition) is 1.